The van der Waals surface area contributed by atoms with E-state index < -0.39 is 0 Å². The van der Waals surface area contributed by atoms with Crippen molar-refractivity contribution in [2.24, 2.45) is 0 Å². The number of hydrogen-bond acceptors (Lipinski definition) is 8. The predicted octanol–water partition coefficient (Wildman–Crippen LogP) is 12.3. The molecule has 0 saturated carbocycles. The molecular weight excluding hydrogens is 621 g/mol. The maximum Gasteiger partial charge on any atom is 0.237 e. The number of rotatable bonds is 4. The van der Waals surface area contributed by atoms with Crippen molar-refractivity contribution >= 4 is 98.5 Å². The Balaban J connectivity index is 0.980. The highest BCUT2D eigenvalue weighted by atomic mass is 32.1. The predicted molar refractivity (Wildman–Crippen MR) is 187 cm³/mol. The maximum atomic E-state index is 6.29. The van der Waals surface area contributed by atoms with Crippen LogP contribution in [0, 0.1) is 0 Å². The van der Waals surface area contributed by atoms with Crippen molar-refractivity contribution in [2.75, 3.05) is 0 Å². The van der Waals surface area contributed by atoms with Crippen molar-refractivity contribution in [3.63, 3.8) is 0 Å². The molecule has 44 heavy (non-hydrogen) atoms. The van der Waals surface area contributed by atoms with E-state index in [2.05, 4.69) is 109 Å². The first kappa shape index (κ1) is 24.8. The summed E-state index contributed by atoms with van der Waals surface area (Å²) >= 11 is 7.04. The second-order valence-corrected chi connectivity index (χ2v) is 15.0. The molecule has 0 unspecified atom stereocenters. The molecule has 0 amide bonds. The van der Waals surface area contributed by atoms with Crippen molar-refractivity contribution in [2.45, 2.75) is 0 Å². The van der Waals surface area contributed by atoms with Gasteiger partial charge in [-0.15, -0.1) is 45.3 Å². The van der Waals surface area contributed by atoms with Gasteiger partial charge < -0.3 is 8.83 Å². The minimum atomic E-state index is 0.643. The van der Waals surface area contributed by atoms with Crippen molar-refractivity contribution < 1.29 is 8.83 Å². The lowest BCUT2D eigenvalue weighted by Crippen LogP contribution is -1.76. The van der Waals surface area contributed by atoms with Crippen LogP contribution in [0.15, 0.2) is 118 Å². The Morgan fingerprint density at radius 2 is 0.841 bits per heavy atom. The van der Waals surface area contributed by atoms with Crippen LogP contribution < -0.4 is 0 Å². The fourth-order valence-electron chi connectivity index (χ4n) is 5.68. The number of nitrogens with zero attached hydrogens (tertiary/aromatic N) is 2. The minimum absolute atomic E-state index is 0.643. The second kappa shape index (κ2) is 9.45. The van der Waals surface area contributed by atoms with Crippen LogP contribution in [-0.4, -0.2) is 9.97 Å². The smallest absolute Gasteiger partial charge is 0.237 e. The molecule has 0 spiro atoms. The van der Waals surface area contributed by atoms with Crippen LogP contribution in [0.25, 0.3) is 94.2 Å². The van der Waals surface area contributed by atoms with E-state index in [1.54, 1.807) is 22.7 Å². The Hall–Kier alpha value is -4.60. The molecule has 0 fully saturated rings. The molecule has 10 aromatic rings. The van der Waals surface area contributed by atoms with Crippen LogP contribution in [0.4, 0.5) is 0 Å². The average molecular weight is 639 g/mol. The normalized spacial score (nSPS) is 12.1. The first-order valence-electron chi connectivity index (χ1n) is 14.0. The van der Waals surface area contributed by atoms with Gasteiger partial charge in [0.05, 0.1) is 9.75 Å². The van der Waals surface area contributed by atoms with Crippen LogP contribution in [0.2, 0.25) is 0 Å². The first-order valence-corrected chi connectivity index (χ1v) is 17.3. The van der Waals surface area contributed by atoms with Crippen LogP contribution in [0.1, 0.15) is 0 Å². The zero-order valence-electron chi connectivity index (χ0n) is 22.7. The Morgan fingerprint density at radius 3 is 1.32 bits per heavy atom. The van der Waals surface area contributed by atoms with Gasteiger partial charge in [-0.1, -0.05) is 36.4 Å². The van der Waals surface area contributed by atoms with E-state index in [1.807, 2.05) is 22.7 Å². The topological polar surface area (TPSA) is 52.1 Å². The summed E-state index contributed by atoms with van der Waals surface area (Å²) in [6, 6.07) is 38.3. The van der Waals surface area contributed by atoms with Crippen molar-refractivity contribution in [1.82, 2.24) is 9.97 Å². The number of oxazole rings is 2. The molecule has 6 heterocycles. The Kier molecular flexibility index (Phi) is 5.33. The fraction of sp³-hybridized carbons (Fsp3) is 0. The average Bonchev–Trinajstić information content (AvgIpc) is 3.88. The molecule has 4 nitrogen and oxygen atoms in total. The SMILES string of the molecule is c1ccc2sc(-c3ccc(-c4nc5cc6cc7oc(-c8ccc(-c9cc%10ccccc%10s9)s8)nc7cc6cc5o4)s3)cc2c1. The molecule has 0 saturated heterocycles. The summed E-state index contributed by atoms with van der Waals surface area (Å²) in [5.41, 5.74) is 3.18. The van der Waals surface area contributed by atoms with E-state index in [0.29, 0.717) is 11.8 Å². The van der Waals surface area contributed by atoms with Crippen molar-refractivity contribution in [3.8, 4) is 41.0 Å². The largest absolute Gasteiger partial charge is 0.435 e. The third-order valence-corrected chi connectivity index (χ3v) is 12.6. The quantitative estimate of drug-likeness (QED) is 0.192. The lowest BCUT2D eigenvalue weighted by atomic mass is 10.1. The Morgan fingerprint density at radius 1 is 0.386 bits per heavy atom. The molecule has 4 aromatic carbocycles. The molecule has 8 heteroatoms. The van der Waals surface area contributed by atoms with Gasteiger partial charge in [-0.25, -0.2) is 9.97 Å². The van der Waals surface area contributed by atoms with E-state index in [9.17, 15) is 0 Å². The summed E-state index contributed by atoms with van der Waals surface area (Å²) in [5.74, 6) is 1.29. The second-order valence-electron chi connectivity index (χ2n) is 10.6. The van der Waals surface area contributed by atoms with Gasteiger partial charge in [0.2, 0.25) is 11.8 Å². The van der Waals surface area contributed by atoms with Crippen LogP contribution in [0.3, 0.4) is 0 Å². The van der Waals surface area contributed by atoms with Crippen molar-refractivity contribution in [3.05, 3.63) is 109 Å². The van der Waals surface area contributed by atoms with Gasteiger partial charge in [0.15, 0.2) is 11.2 Å². The number of aromatic nitrogens is 2. The summed E-state index contributed by atoms with van der Waals surface area (Å²) in [5, 5.41) is 4.63. The standard InChI is InChI=1S/C36H18N2O2S4/c1-3-7-27-19(5-1)17-33(41-27)29-9-11-31(43-29)35-37-23-13-21-16-26-24(14-22(21)15-25(23)39-35)38-36(40-26)32-12-10-30(44-32)34-18-20-6-2-4-8-28(20)42-34/h1-18H. The summed E-state index contributed by atoms with van der Waals surface area (Å²) < 4.78 is 15.2. The van der Waals surface area contributed by atoms with E-state index in [-0.39, 0.29) is 0 Å². The first-order chi connectivity index (χ1) is 21.7. The molecule has 0 aliphatic heterocycles. The molecule has 6 aromatic heterocycles. The maximum absolute atomic E-state index is 6.29. The molecule has 0 atom stereocenters. The van der Waals surface area contributed by atoms with Crippen LogP contribution >= 0.6 is 45.3 Å². The van der Waals surface area contributed by atoms with Crippen LogP contribution in [0.5, 0.6) is 0 Å². The zero-order chi connectivity index (χ0) is 28.8. The van der Waals surface area contributed by atoms with E-state index >= 15 is 0 Å². The molecule has 0 N–H and O–H groups in total. The highest BCUT2D eigenvalue weighted by molar-refractivity contribution is 7.27. The molecule has 208 valence electrons. The van der Waals surface area contributed by atoms with Gasteiger partial charge >= 0.3 is 0 Å². The molecule has 0 radical (unpaired) electrons. The lowest BCUT2D eigenvalue weighted by molar-refractivity contribution is 0.621. The number of thiophene rings is 4. The van der Waals surface area contributed by atoms with E-state index in [1.165, 1.54) is 39.7 Å². The summed E-state index contributed by atoms with van der Waals surface area (Å²) in [7, 11) is 0. The molecule has 0 aliphatic rings. The number of fused-ring (bicyclic) bond motifs is 5. The monoisotopic (exact) mass is 638 g/mol. The summed E-state index contributed by atoms with van der Waals surface area (Å²) in [6.45, 7) is 0. The molecular formula is C36H18N2O2S4. The third kappa shape index (κ3) is 3.99. The highest BCUT2D eigenvalue weighted by Gasteiger charge is 2.17. The Bertz CT molecular complexity index is 2380. The van der Waals surface area contributed by atoms with Crippen molar-refractivity contribution in [1.29, 1.82) is 0 Å². The molecule has 0 bridgehead atoms. The molecule has 0 aliphatic carbocycles. The Labute approximate surface area is 266 Å². The van der Waals surface area contributed by atoms with Gasteiger partial charge in [-0.3, -0.25) is 0 Å². The van der Waals surface area contributed by atoms with Gasteiger partial charge in [0.1, 0.15) is 11.0 Å². The van der Waals surface area contributed by atoms with E-state index in [4.69, 9.17) is 18.8 Å². The zero-order valence-corrected chi connectivity index (χ0v) is 26.0. The number of hydrogen-bond donors (Lipinski definition) is 0. The third-order valence-electron chi connectivity index (χ3n) is 7.82. The fourth-order valence-corrected chi connectivity index (χ4v) is 9.83. The minimum Gasteiger partial charge on any atom is -0.435 e. The van der Waals surface area contributed by atoms with Gasteiger partial charge in [-0.2, -0.15) is 0 Å². The summed E-state index contributed by atoms with van der Waals surface area (Å²) in [6.07, 6.45) is 0. The van der Waals surface area contributed by atoms with Gasteiger partial charge in [0.25, 0.3) is 0 Å². The number of benzene rings is 4. The van der Waals surface area contributed by atoms with E-state index in [0.717, 1.165) is 42.7 Å². The van der Waals surface area contributed by atoms with Gasteiger partial charge in [0, 0.05) is 28.9 Å². The van der Waals surface area contributed by atoms with Gasteiger partial charge in [-0.05, 0) is 94.3 Å². The lowest BCUT2D eigenvalue weighted by Gasteiger charge is -1.96. The summed E-state index contributed by atoms with van der Waals surface area (Å²) in [4.78, 5) is 16.7. The highest BCUT2D eigenvalue weighted by Crippen LogP contribution is 2.42. The van der Waals surface area contributed by atoms with Crippen LogP contribution in [-0.2, 0) is 0 Å². The molecule has 10 rings (SSSR count).